The van der Waals surface area contributed by atoms with Crippen LogP contribution in [0.3, 0.4) is 0 Å². The monoisotopic (exact) mass is 555 g/mol. The van der Waals surface area contributed by atoms with E-state index in [9.17, 15) is 25.9 Å². The number of anilines is 2. The number of rotatable bonds is 9. The van der Waals surface area contributed by atoms with Gasteiger partial charge in [-0.05, 0) is 79.8 Å². The van der Waals surface area contributed by atoms with Crippen molar-refractivity contribution in [3.8, 4) is 0 Å². The van der Waals surface area contributed by atoms with Crippen molar-refractivity contribution in [2.24, 2.45) is 0 Å². The molecule has 8 nitrogen and oxygen atoms in total. The third-order valence-electron chi connectivity index (χ3n) is 5.76. The van der Waals surface area contributed by atoms with Crippen LogP contribution < -0.4 is 40.2 Å². The first-order valence-corrected chi connectivity index (χ1v) is 13.9. The third kappa shape index (κ3) is 7.79. The van der Waals surface area contributed by atoms with E-state index >= 15 is 0 Å². The SMILES string of the molecule is C.CCNc1ccc(C(c2ccc(NCC)c(C)c2)c2ccc(S(=O)(=O)[O-])cc2S(=O)(=O)[O-])cc1C.[Na+]. The number of aryl methyl sites for hydroxylation is 2. The molecule has 0 aliphatic heterocycles. The minimum Gasteiger partial charge on any atom is -0.744 e. The van der Waals surface area contributed by atoms with Crippen LogP contribution in [0.1, 0.15) is 55.0 Å². The summed E-state index contributed by atoms with van der Waals surface area (Å²) in [5, 5.41) is 6.51. The summed E-state index contributed by atoms with van der Waals surface area (Å²) < 4.78 is 71.4. The Morgan fingerprint density at radius 3 is 1.54 bits per heavy atom. The van der Waals surface area contributed by atoms with Crippen LogP contribution in [0.15, 0.2) is 64.4 Å². The van der Waals surface area contributed by atoms with E-state index in [-0.39, 0.29) is 42.5 Å². The summed E-state index contributed by atoms with van der Waals surface area (Å²) in [6, 6.07) is 14.2. The zero-order chi connectivity index (χ0) is 26.0. The largest absolute Gasteiger partial charge is 1.00 e. The molecule has 0 radical (unpaired) electrons. The van der Waals surface area contributed by atoms with Crippen LogP contribution in [0.25, 0.3) is 0 Å². The summed E-state index contributed by atoms with van der Waals surface area (Å²) in [5.74, 6) is -0.708. The van der Waals surface area contributed by atoms with Crippen molar-refractivity contribution in [2.75, 3.05) is 23.7 Å². The predicted octanol–water partition coefficient (Wildman–Crippen LogP) is 1.80. The standard InChI is InChI=1S/C25H30N2O6S2.CH4.Na/c1-5-26-22-11-7-18(13-16(22)3)25(19-8-12-23(27-6-2)17(4)14-19)21-10-9-20(34(28,29)30)15-24(21)35(31,32)33;;/h7-15,25-27H,5-6H2,1-4H3,(H,28,29,30)(H,31,32,33);1H4;/q;;+1/p-2. The average molecular weight is 556 g/mol. The van der Waals surface area contributed by atoms with E-state index in [2.05, 4.69) is 10.6 Å². The van der Waals surface area contributed by atoms with Crippen molar-refractivity contribution >= 4 is 31.6 Å². The molecule has 0 unspecified atom stereocenters. The van der Waals surface area contributed by atoms with Gasteiger partial charge < -0.3 is 19.7 Å². The fourth-order valence-electron chi connectivity index (χ4n) is 4.19. The molecule has 0 heterocycles. The van der Waals surface area contributed by atoms with Gasteiger partial charge >= 0.3 is 29.6 Å². The minimum atomic E-state index is -5.11. The number of benzene rings is 3. The topological polar surface area (TPSA) is 138 Å². The molecule has 0 bridgehead atoms. The van der Waals surface area contributed by atoms with Gasteiger partial charge in [0.2, 0.25) is 0 Å². The first kappa shape index (κ1) is 33.1. The zero-order valence-electron chi connectivity index (χ0n) is 21.0. The average Bonchev–Trinajstić information content (AvgIpc) is 2.76. The van der Waals surface area contributed by atoms with Crippen LogP contribution in [0.4, 0.5) is 11.4 Å². The van der Waals surface area contributed by atoms with Gasteiger partial charge in [0.1, 0.15) is 20.2 Å². The second kappa shape index (κ2) is 13.2. The molecule has 0 aromatic heterocycles. The van der Waals surface area contributed by atoms with E-state index in [1.807, 2.05) is 64.1 Å². The molecule has 0 aliphatic rings. The molecule has 0 saturated carbocycles. The van der Waals surface area contributed by atoms with E-state index in [1.54, 1.807) is 0 Å². The van der Waals surface area contributed by atoms with E-state index in [1.165, 1.54) is 6.07 Å². The van der Waals surface area contributed by atoms with Crippen LogP contribution in [-0.4, -0.2) is 39.0 Å². The predicted molar refractivity (Wildman–Crippen MR) is 141 cm³/mol. The second-order valence-electron chi connectivity index (χ2n) is 8.25. The first-order chi connectivity index (χ1) is 16.4. The van der Waals surface area contributed by atoms with Gasteiger partial charge in [-0.25, -0.2) is 16.8 Å². The Balaban J connectivity index is 0.00000342. The molecule has 0 spiro atoms. The maximum Gasteiger partial charge on any atom is 1.00 e. The van der Waals surface area contributed by atoms with Crippen molar-refractivity contribution in [1.29, 1.82) is 0 Å². The first-order valence-electron chi connectivity index (χ1n) is 11.1. The molecule has 11 heteroatoms. The maximum atomic E-state index is 12.2. The Bertz CT molecular complexity index is 1400. The maximum absolute atomic E-state index is 12.2. The van der Waals surface area contributed by atoms with Gasteiger partial charge in [-0.2, -0.15) is 0 Å². The summed E-state index contributed by atoms with van der Waals surface area (Å²) in [4.78, 5) is -1.51. The summed E-state index contributed by atoms with van der Waals surface area (Å²) in [5.41, 5.74) is 5.18. The van der Waals surface area contributed by atoms with Gasteiger partial charge in [0.15, 0.2) is 0 Å². The van der Waals surface area contributed by atoms with Gasteiger partial charge in [-0.15, -0.1) is 0 Å². The van der Waals surface area contributed by atoms with E-state index < -0.39 is 35.9 Å². The Hall–Kier alpha value is -1.92. The Morgan fingerprint density at radius 1 is 0.730 bits per heavy atom. The van der Waals surface area contributed by atoms with Gasteiger partial charge in [-0.1, -0.05) is 37.8 Å². The smallest absolute Gasteiger partial charge is 0.744 e. The Morgan fingerprint density at radius 2 is 1.19 bits per heavy atom. The molecule has 2 N–H and O–H groups in total. The summed E-state index contributed by atoms with van der Waals surface area (Å²) in [6.45, 7) is 9.22. The fourth-order valence-corrected chi connectivity index (χ4v) is 5.50. The van der Waals surface area contributed by atoms with E-state index in [0.717, 1.165) is 41.7 Å². The van der Waals surface area contributed by atoms with Crippen molar-refractivity contribution in [2.45, 2.75) is 50.8 Å². The summed E-state index contributed by atoms with van der Waals surface area (Å²) >= 11 is 0. The molecule has 0 saturated heterocycles. The molecule has 3 rings (SSSR count). The minimum absolute atomic E-state index is 0. The third-order valence-corrected chi connectivity index (χ3v) is 7.48. The van der Waals surface area contributed by atoms with Gasteiger partial charge in [0, 0.05) is 30.4 Å². The van der Waals surface area contributed by atoms with E-state index in [4.69, 9.17) is 0 Å². The van der Waals surface area contributed by atoms with Crippen LogP contribution in [0.2, 0.25) is 0 Å². The normalized spacial score (nSPS) is 11.4. The van der Waals surface area contributed by atoms with Crippen LogP contribution >= 0.6 is 0 Å². The fraction of sp³-hybridized carbons (Fsp3) is 0.308. The quantitative estimate of drug-likeness (QED) is 0.232. The van der Waals surface area contributed by atoms with Crippen LogP contribution in [-0.2, 0) is 20.2 Å². The number of nitrogens with one attached hydrogen (secondary N) is 2. The van der Waals surface area contributed by atoms with Gasteiger partial charge in [0.05, 0.1) is 9.79 Å². The molecule has 0 atom stereocenters. The van der Waals surface area contributed by atoms with Crippen molar-refractivity contribution in [1.82, 2.24) is 0 Å². The van der Waals surface area contributed by atoms with Crippen molar-refractivity contribution in [3.63, 3.8) is 0 Å². The molecule has 0 aliphatic carbocycles. The van der Waals surface area contributed by atoms with E-state index in [0.29, 0.717) is 17.2 Å². The molecule has 196 valence electrons. The second-order valence-corrected chi connectivity index (χ2v) is 11.0. The van der Waals surface area contributed by atoms with Gasteiger partial charge in [0.25, 0.3) is 0 Å². The molecular weight excluding hydrogens is 523 g/mol. The molecule has 3 aromatic rings. The Labute approximate surface area is 242 Å². The van der Waals surface area contributed by atoms with Crippen LogP contribution in [0.5, 0.6) is 0 Å². The number of hydrogen-bond acceptors (Lipinski definition) is 8. The van der Waals surface area contributed by atoms with Crippen molar-refractivity contribution in [3.05, 3.63) is 82.4 Å². The van der Waals surface area contributed by atoms with Crippen molar-refractivity contribution < 1.29 is 55.5 Å². The van der Waals surface area contributed by atoms with Gasteiger partial charge in [-0.3, -0.25) is 0 Å². The molecule has 0 fully saturated rings. The molecule has 0 amide bonds. The Kier molecular flexibility index (Phi) is 11.8. The van der Waals surface area contributed by atoms with Crippen LogP contribution in [0, 0.1) is 13.8 Å². The zero-order valence-corrected chi connectivity index (χ0v) is 24.6. The summed E-state index contributed by atoms with van der Waals surface area (Å²) in [6.07, 6.45) is 0. The molecule has 3 aromatic carbocycles. The number of hydrogen-bond donors (Lipinski definition) is 2. The molecular formula is C26H32N2NaO6S2-. The molecule has 37 heavy (non-hydrogen) atoms. The summed E-state index contributed by atoms with van der Waals surface area (Å²) in [7, 11) is -10.1.